The second-order valence-corrected chi connectivity index (χ2v) is 10.7. The number of hydrogen-bond acceptors (Lipinski definition) is 3. The summed E-state index contributed by atoms with van der Waals surface area (Å²) in [5.74, 6) is 0.804. The minimum Gasteiger partial charge on any atom is -0.487 e. The Morgan fingerprint density at radius 3 is 1.78 bits per heavy atom. The number of fused-ring (bicyclic) bond motifs is 1. The van der Waals surface area contributed by atoms with Gasteiger partial charge in [0.1, 0.15) is 11.4 Å². The molecular formula is C18H27ClO3S. The van der Waals surface area contributed by atoms with E-state index in [1.807, 2.05) is 13.8 Å². The zero-order valence-corrected chi connectivity index (χ0v) is 17.1. The molecule has 0 aromatic heterocycles. The Morgan fingerprint density at radius 2 is 1.35 bits per heavy atom. The van der Waals surface area contributed by atoms with Gasteiger partial charge in [-0.3, -0.25) is 0 Å². The highest BCUT2D eigenvalue weighted by Crippen LogP contribution is 2.59. The van der Waals surface area contributed by atoms with Gasteiger partial charge in [0.25, 0.3) is 9.05 Å². The molecule has 1 aliphatic rings. The van der Waals surface area contributed by atoms with Gasteiger partial charge in [0.15, 0.2) is 0 Å². The predicted molar refractivity (Wildman–Crippen MR) is 95.2 cm³/mol. The summed E-state index contributed by atoms with van der Waals surface area (Å²) in [6.45, 7) is 18.4. The number of rotatable bonds is 1. The quantitative estimate of drug-likeness (QED) is 0.662. The Bertz CT molecular complexity index is 787. The van der Waals surface area contributed by atoms with Gasteiger partial charge >= 0.3 is 0 Å². The van der Waals surface area contributed by atoms with E-state index in [-0.39, 0.29) is 21.3 Å². The standard InChI is InChI=1S/C18H27ClO3S/c1-10-11(2)15(23(19,20)21)12(3)13-14(10)22-18(8,9)17(6,7)16(13,4)5/h1-9H3. The highest BCUT2D eigenvalue weighted by atomic mass is 35.7. The molecule has 5 heteroatoms. The third-order valence-electron chi connectivity index (χ3n) is 6.48. The summed E-state index contributed by atoms with van der Waals surface area (Å²) < 4.78 is 30.7. The predicted octanol–water partition coefficient (Wildman–Crippen LogP) is 5.01. The summed E-state index contributed by atoms with van der Waals surface area (Å²) in [5.41, 5.74) is 2.31. The minimum absolute atomic E-state index is 0.202. The van der Waals surface area contributed by atoms with Crippen LogP contribution in [0.25, 0.3) is 0 Å². The first-order valence-corrected chi connectivity index (χ1v) is 10.2. The Kier molecular flexibility index (Phi) is 3.95. The maximum Gasteiger partial charge on any atom is 0.261 e. The SMILES string of the molecule is Cc1c(C)c(S(=O)(=O)Cl)c(C)c2c1OC(C)(C)C(C)(C)C2(C)C. The van der Waals surface area contributed by atoms with E-state index in [4.69, 9.17) is 15.4 Å². The van der Waals surface area contributed by atoms with E-state index in [9.17, 15) is 8.42 Å². The van der Waals surface area contributed by atoms with Crippen molar-refractivity contribution in [1.29, 1.82) is 0 Å². The Hall–Kier alpha value is -0.740. The van der Waals surface area contributed by atoms with Gasteiger partial charge < -0.3 is 4.74 Å². The van der Waals surface area contributed by atoms with Crippen molar-refractivity contribution in [1.82, 2.24) is 0 Å². The molecule has 0 unspecified atom stereocenters. The smallest absolute Gasteiger partial charge is 0.261 e. The molecule has 0 amide bonds. The second-order valence-electron chi connectivity index (χ2n) is 8.21. The maximum absolute atomic E-state index is 12.1. The number of benzene rings is 1. The van der Waals surface area contributed by atoms with Crippen LogP contribution < -0.4 is 4.74 Å². The number of halogens is 1. The van der Waals surface area contributed by atoms with Crippen molar-refractivity contribution in [2.75, 3.05) is 0 Å². The molecule has 0 fully saturated rings. The molecule has 0 aliphatic carbocycles. The molecule has 1 heterocycles. The zero-order valence-electron chi connectivity index (χ0n) is 15.5. The van der Waals surface area contributed by atoms with Crippen molar-refractivity contribution in [3.63, 3.8) is 0 Å². The molecule has 1 aromatic carbocycles. The molecule has 2 rings (SSSR count). The topological polar surface area (TPSA) is 43.4 Å². The van der Waals surface area contributed by atoms with Crippen LogP contribution in [-0.2, 0) is 14.5 Å². The van der Waals surface area contributed by atoms with Crippen LogP contribution >= 0.6 is 10.7 Å². The molecule has 0 atom stereocenters. The molecule has 0 saturated carbocycles. The highest BCUT2D eigenvalue weighted by Gasteiger charge is 2.56. The largest absolute Gasteiger partial charge is 0.487 e. The van der Waals surface area contributed by atoms with Crippen LogP contribution in [0.3, 0.4) is 0 Å². The fraction of sp³-hybridized carbons (Fsp3) is 0.667. The molecule has 0 bridgehead atoms. The average molecular weight is 359 g/mol. The normalized spacial score (nSPS) is 21.5. The van der Waals surface area contributed by atoms with E-state index < -0.39 is 9.05 Å². The van der Waals surface area contributed by atoms with Crippen LogP contribution in [-0.4, -0.2) is 14.0 Å². The molecule has 0 radical (unpaired) electrons. The molecule has 0 N–H and O–H groups in total. The lowest BCUT2D eigenvalue weighted by molar-refractivity contribution is -0.0752. The lowest BCUT2D eigenvalue weighted by Gasteiger charge is -2.57. The van der Waals surface area contributed by atoms with Gasteiger partial charge in [0.05, 0.1) is 4.90 Å². The monoisotopic (exact) mass is 358 g/mol. The number of hydrogen-bond donors (Lipinski definition) is 0. The van der Waals surface area contributed by atoms with Crippen molar-refractivity contribution in [3.8, 4) is 5.75 Å². The summed E-state index contributed by atoms with van der Waals surface area (Å²) in [6, 6.07) is 0. The first kappa shape index (κ1) is 18.6. The van der Waals surface area contributed by atoms with Crippen molar-refractivity contribution in [3.05, 3.63) is 22.3 Å². The van der Waals surface area contributed by atoms with Gasteiger partial charge in [-0.05, 0) is 51.3 Å². The van der Waals surface area contributed by atoms with Gasteiger partial charge in [-0.15, -0.1) is 0 Å². The molecule has 3 nitrogen and oxygen atoms in total. The van der Waals surface area contributed by atoms with Crippen molar-refractivity contribution in [2.24, 2.45) is 5.41 Å². The molecule has 130 valence electrons. The molecule has 0 spiro atoms. The molecule has 1 aromatic rings. The first-order valence-electron chi connectivity index (χ1n) is 7.85. The van der Waals surface area contributed by atoms with Crippen molar-refractivity contribution in [2.45, 2.75) is 78.2 Å². The van der Waals surface area contributed by atoms with Crippen molar-refractivity contribution < 1.29 is 13.2 Å². The Morgan fingerprint density at radius 1 is 0.870 bits per heavy atom. The average Bonchev–Trinajstić information content (AvgIpc) is 2.31. The lowest BCUT2D eigenvalue weighted by Crippen LogP contribution is -2.58. The third kappa shape index (κ3) is 2.32. The Labute approximate surface area is 144 Å². The van der Waals surface area contributed by atoms with Crippen molar-refractivity contribution >= 4 is 19.7 Å². The Balaban J connectivity index is 3.04. The van der Waals surface area contributed by atoms with E-state index in [0.717, 1.165) is 16.9 Å². The van der Waals surface area contributed by atoms with Gasteiger partial charge in [-0.2, -0.15) is 0 Å². The van der Waals surface area contributed by atoms with Crippen LogP contribution in [0, 0.1) is 26.2 Å². The van der Waals surface area contributed by atoms with Crippen LogP contribution in [0.4, 0.5) is 0 Å². The summed E-state index contributed by atoms with van der Waals surface area (Å²) in [4.78, 5) is 0.225. The van der Waals surface area contributed by atoms with E-state index in [1.165, 1.54) is 0 Å². The van der Waals surface area contributed by atoms with E-state index in [1.54, 1.807) is 6.92 Å². The minimum atomic E-state index is -3.82. The van der Waals surface area contributed by atoms with Crippen LogP contribution in [0.2, 0.25) is 0 Å². The molecular weight excluding hydrogens is 332 g/mol. The van der Waals surface area contributed by atoms with Crippen LogP contribution in [0.1, 0.15) is 63.8 Å². The summed E-state index contributed by atoms with van der Waals surface area (Å²) in [5, 5.41) is 0. The van der Waals surface area contributed by atoms with Crippen LogP contribution in [0.15, 0.2) is 4.90 Å². The van der Waals surface area contributed by atoms with Gasteiger partial charge in [-0.25, -0.2) is 8.42 Å². The summed E-state index contributed by atoms with van der Waals surface area (Å²) >= 11 is 0. The van der Waals surface area contributed by atoms with Gasteiger partial charge in [-0.1, -0.05) is 27.7 Å². The van der Waals surface area contributed by atoms with E-state index in [0.29, 0.717) is 11.1 Å². The first-order chi connectivity index (χ1) is 10.1. The fourth-order valence-corrected chi connectivity index (χ4v) is 5.47. The van der Waals surface area contributed by atoms with Gasteiger partial charge in [0, 0.05) is 27.1 Å². The van der Waals surface area contributed by atoms with E-state index in [2.05, 4.69) is 41.5 Å². The highest BCUT2D eigenvalue weighted by molar-refractivity contribution is 8.13. The summed E-state index contributed by atoms with van der Waals surface area (Å²) in [6.07, 6.45) is 0. The lowest BCUT2D eigenvalue weighted by atomic mass is 9.55. The second kappa shape index (κ2) is 4.89. The molecule has 1 aliphatic heterocycles. The fourth-order valence-electron chi connectivity index (χ4n) is 3.79. The molecule has 23 heavy (non-hydrogen) atoms. The summed E-state index contributed by atoms with van der Waals surface area (Å²) in [7, 11) is 1.92. The number of ether oxygens (including phenoxy) is 1. The van der Waals surface area contributed by atoms with Crippen LogP contribution in [0.5, 0.6) is 5.75 Å². The maximum atomic E-state index is 12.1. The third-order valence-corrected chi connectivity index (χ3v) is 8.04. The van der Waals surface area contributed by atoms with E-state index >= 15 is 0 Å². The molecule has 0 saturated heterocycles. The van der Waals surface area contributed by atoms with Gasteiger partial charge in [0.2, 0.25) is 0 Å². The zero-order chi connectivity index (χ0) is 18.2.